The van der Waals surface area contributed by atoms with E-state index in [0.29, 0.717) is 18.1 Å². The van der Waals surface area contributed by atoms with Gasteiger partial charge in [0.25, 0.3) is 0 Å². The highest BCUT2D eigenvalue weighted by Gasteiger charge is 2.10. The Hall–Kier alpha value is -2.36. The molecular formula is C16H18N2O2. The van der Waals surface area contributed by atoms with Gasteiger partial charge in [-0.3, -0.25) is 0 Å². The Labute approximate surface area is 118 Å². The molecule has 0 saturated carbocycles. The van der Waals surface area contributed by atoms with E-state index < -0.39 is 5.97 Å². The lowest BCUT2D eigenvalue weighted by atomic mass is 10.1. The summed E-state index contributed by atoms with van der Waals surface area (Å²) >= 11 is 0. The maximum absolute atomic E-state index is 11.1. The average molecular weight is 270 g/mol. The Balaban J connectivity index is 2.25. The van der Waals surface area contributed by atoms with Gasteiger partial charge in [0.05, 0.1) is 5.56 Å². The van der Waals surface area contributed by atoms with Crippen molar-refractivity contribution in [2.24, 2.45) is 0 Å². The summed E-state index contributed by atoms with van der Waals surface area (Å²) in [6.45, 7) is 4.55. The lowest BCUT2D eigenvalue weighted by Crippen LogP contribution is -2.18. The van der Waals surface area contributed by atoms with Gasteiger partial charge in [-0.05, 0) is 31.5 Å². The highest BCUT2D eigenvalue weighted by atomic mass is 16.4. The first-order valence-electron chi connectivity index (χ1n) is 6.44. The van der Waals surface area contributed by atoms with Gasteiger partial charge in [0.2, 0.25) is 0 Å². The number of carbonyl (C=O) groups is 1. The molecule has 0 amide bonds. The van der Waals surface area contributed by atoms with Crippen LogP contribution in [0.15, 0.2) is 36.4 Å². The first-order valence-corrected chi connectivity index (χ1v) is 6.44. The lowest BCUT2D eigenvalue weighted by molar-refractivity contribution is 0.0696. The molecule has 104 valence electrons. The minimum atomic E-state index is -0.930. The van der Waals surface area contributed by atoms with Crippen molar-refractivity contribution in [1.29, 1.82) is 0 Å². The first-order chi connectivity index (χ1) is 9.45. The lowest BCUT2D eigenvalue weighted by Gasteiger charge is -2.19. The number of pyridine rings is 1. The monoisotopic (exact) mass is 270 g/mol. The van der Waals surface area contributed by atoms with Crippen molar-refractivity contribution in [3.05, 3.63) is 58.8 Å². The van der Waals surface area contributed by atoms with E-state index in [-0.39, 0.29) is 5.56 Å². The largest absolute Gasteiger partial charge is 0.478 e. The molecule has 0 radical (unpaired) electrons. The summed E-state index contributed by atoms with van der Waals surface area (Å²) < 4.78 is 0. The van der Waals surface area contributed by atoms with Gasteiger partial charge in [0, 0.05) is 19.3 Å². The second-order valence-electron chi connectivity index (χ2n) is 5.01. The molecule has 1 heterocycles. The van der Waals surface area contributed by atoms with Gasteiger partial charge in [-0.25, -0.2) is 9.78 Å². The van der Waals surface area contributed by atoms with Crippen LogP contribution in [0.2, 0.25) is 0 Å². The molecule has 0 fully saturated rings. The van der Waals surface area contributed by atoms with E-state index in [2.05, 4.69) is 30.1 Å². The van der Waals surface area contributed by atoms with Crippen LogP contribution in [0.25, 0.3) is 0 Å². The molecule has 0 aliphatic heterocycles. The number of hydrogen-bond donors (Lipinski definition) is 1. The van der Waals surface area contributed by atoms with E-state index in [0.717, 1.165) is 0 Å². The van der Waals surface area contributed by atoms with Crippen LogP contribution in [0.3, 0.4) is 0 Å². The van der Waals surface area contributed by atoms with Gasteiger partial charge in [-0.1, -0.05) is 29.8 Å². The van der Waals surface area contributed by atoms with Crippen molar-refractivity contribution in [2.45, 2.75) is 20.4 Å². The summed E-state index contributed by atoms with van der Waals surface area (Å²) in [5.74, 6) is -0.260. The maximum Gasteiger partial charge on any atom is 0.335 e. The number of rotatable bonds is 4. The Kier molecular flexibility index (Phi) is 4.03. The fourth-order valence-corrected chi connectivity index (χ4v) is 2.14. The standard InChI is InChI=1S/C16H18N2O2/c1-11-5-4-6-13(7-11)10-18(3)15-9-14(16(19)20)8-12(2)17-15/h4-9H,10H2,1-3H3,(H,19,20). The zero-order valence-corrected chi connectivity index (χ0v) is 11.9. The zero-order chi connectivity index (χ0) is 14.7. The molecule has 0 bridgehead atoms. The molecule has 1 aromatic carbocycles. The number of aromatic carboxylic acids is 1. The number of benzene rings is 1. The van der Waals surface area contributed by atoms with Crippen LogP contribution in [-0.2, 0) is 6.54 Å². The van der Waals surface area contributed by atoms with Crippen LogP contribution in [0, 0.1) is 13.8 Å². The van der Waals surface area contributed by atoms with Crippen LogP contribution in [0.5, 0.6) is 0 Å². The van der Waals surface area contributed by atoms with Crippen LogP contribution in [0.4, 0.5) is 5.82 Å². The number of nitrogens with zero attached hydrogens (tertiary/aromatic N) is 2. The van der Waals surface area contributed by atoms with Crippen molar-refractivity contribution < 1.29 is 9.90 Å². The summed E-state index contributed by atoms with van der Waals surface area (Å²) in [6, 6.07) is 11.4. The molecule has 20 heavy (non-hydrogen) atoms. The van der Waals surface area contributed by atoms with Gasteiger partial charge in [-0.2, -0.15) is 0 Å². The quantitative estimate of drug-likeness (QED) is 0.927. The fourth-order valence-electron chi connectivity index (χ4n) is 2.14. The Morgan fingerprint density at radius 2 is 2.00 bits per heavy atom. The van der Waals surface area contributed by atoms with E-state index in [1.165, 1.54) is 11.1 Å². The highest BCUT2D eigenvalue weighted by molar-refractivity contribution is 5.88. The van der Waals surface area contributed by atoms with Crippen molar-refractivity contribution in [1.82, 2.24) is 4.98 Å². The third-order valence-corrected chi connectivity index (χ3v) is 3.08. The van der Waals surface area contributed by atoms with Crippen molar-refractivity contribution in [3.63, 3.8) is 0 Å². The minimum Gasteiger partial charge on any atom is -0.478 e. The van der Waals surface area contributed by atoms with E-state index >= 15 is 0 Å². The van der Waals surface area contributed by atoms with E-state index in [1.54, 1.807) is 19.1 Å². The van der Waals surface area contributed by atoms with Crippen molar-refractivity contribution in [3.8, 4) is 0 Å². The normalized spacial score (nSPS) is 10.3. The first kappa shape index (κ1) is 14.1. The highest BCUT2D eigenvalue weighted by Crippen LogP contribution is 2.17. The van der Waals surface area contributed by atoms with Crippen LogP contribution in [-0.4, -0.2) is 23.1 Å². The molecule has 4 nitrogen and oxygen atoms in total. The third kappa shape index (κ3) is 3.35. The van der Waals surface area contributed by atoms with Gasteiger partial charge < -0.3 is 10.0 Å². The van der Waals surface area contributed by atoms with Gasteiger partial charge >= 0.3 is 5.97 Å². The van der Waals surface area contributed by atoms with Crippen molar-refractivity contribution in [2.75, 3.05) is 11.9 Å². The van der Waals surface area contributed by atoms with Gasteiger partial charge in [-0.15, -0.1) is 0 Å². The van der Waals surface area contributed by atoms with Gasteiger partial charge in [0.15, 0.2) is 0 Å². The average Bonchev–Trinajstić information content (AvgIpc) is 2.37. The molecule has 0 aliphatic rings. The molecule has 0 aliphatic carbocycles. The number of anilines is 1. The minimum absolute atomic E-state index is 0.267. The molecule has 4 heteroatoms. The van der Waals surface area contributed by atoms with Crippen LogP contribution in [0.1, 0.15) is 27.2 Å². The van der Waals surface area contributed by atoms with E-state index in [9.17, 15) is 4.79 Å². The summed E-state index contributed by atoms with van der Waals surface area (Å²) in [7, 11) is 1.91. The Morgan fingerprint density at radius 1 is 1.25 bits per heavy atom. The van der Waals surface area contributed by atoms with Gasteiger partial charge in [0.1, 0.15) is 5.82 Å². The summed E-state index contributed by atoms with van der Waals surface area (Å²) in [4.78, 5) is 17.4. The third-order valence-electron chi connectivity index (χ3n) is 3.08. The fraction of sp³-hybridized carbons (Fsp3) is 0.250. The van der Waals surface area contributed by atoms with Crippen LogP contribution < -0.4 is 4.90 Å². The molecule has 0 spiro atoms. The predicted octanol–water partition coefficient (Wildman–Crippen LogP) is 3.03. The number of aryl methyl sites for hydroxylation is 2. The summed E-state index contributed by atoms with van der Waals surface area (Å²) in [5.41, 5.74) is 3.35. The number of carboxylic acids is 1. The van der Waals surface area contributed by atoms with Crippen LogP contribution >= 0.6 is 0 Å². The number of carboxylic acid groups (broad SMARTS) is 1. The molecule has 2 aromatic rings. The van der Waals surface area contributed by atoms with Crippen molar-refractivity contribution >= 4 is 11.8 Å². The van der Waals surface area contributed by atoms with E-state index in [4.69, 9.17) is 5.11 Å². The maximum atomic E-state index is 11.1. The number of hydrogen-bond acceptors (Lipinski definition) is 3. The summed E-state index contributed by atoms with van der Waals surface area (Å²) in [6.07, 6.45) is 0. The molecule has 0 saturated heterocycles. The molecule has 1 aromatic heterocycles. The Morgan fingerprint density at radius 3 is 2.65 bits per heavy atom. The second-order valence-corrected chi connectivity index (χ2v) is 5.01. The number of aromatic nitrogens is 1. The Bertz CT molecular complexity index is 638. The summed E-state index contributed by atoms with van der Waals surface area (Å²) in [5, 5.41) is 9.10. The van der Waals surface area contributed by atoms with E-state index in [1.807, 2.05) is 18.0 Å². The topological polar surface area (TPSA) is 53.4 Å². The molecule has 0 atom stereocenters. The molecule has 0 unspecified atom stereocenters. The molecular weight excluding hydrogens is 252 g/mol. The smallest absolute Gasteiger partial charge is 0.335 e. The zero-order valence-electron chi connectivity index (χ0n) is 11.9. The second kappa shape index (κ2) is 5.74. The SMILES string of the molecule is Cc1cccc(CN(C)c2cc(C(=O)O)cc(C)n2)c1. The molecule has 2 rings (SSSR count). The predicted molar refractivity (Wildman–Crippen MR) is 79.2 cm³/mol. The molecule has 1 N–H and O–H groups in total.